The third-order valence-corrected chi connectivity index (χ3v) is 1.83. The molecule has 0 radical (unpaired) electrons. The average Bonchev–Trinajstić information content (AvgIpc) is 1.97. The second-order valence-electron chi connectivity index (χ2n) is 2.70. The molecule has 66 valence electrons. The maximum absolute atomic E-state index is 9.09. The van der Waals surface area contributed by atoms with Crippen molar-refractivity contribution in [3.05, 3.63) is 0 Å². The van der Waals surface area contributed by atoms with Gasteiger partial charge < -0.3 is 25.2 Å². The van der Waals surface area contributed by atoms with Crippen LogP contribution in [0.1, 0.15) is 6.92 Å². The lowest BCUT2D eigenvalue weighted by atomic mass is 11.0. The first-order chi connectivity index (χ1) is 5.04. The van der Waals surface area contributed by atoms with E-state index in [1.807, 2.05) is 0 Å². The normalized spacial score (nSPS) is 52.6. The molecule has 1 saturated heterocycles. The highest BCUT2D eigenvalue weighted by molar-refractivity contribution is 4.86. The Morgan fingerprint density at radius 3 is 2.00 bits per heavy atom. The van der Waals surface area contributed by atoms with Crippen LogP contribution in [0.15, 0.2) is 0 Å². The highest BCUT2D eigenvalue weighted by atomic mass is 16.8. The van der Waals surface area contributed by atoms with Gasteiger partial charge >= 0.3 is 0 Å². The molecule has 0 aromatic rings. The van der Waals surface area contributed by atoms with Gasteiger partial charge in [-0.05, 0) is 6.92 Å². The van der Waals surface area contributed by atoms with Gasteiger partial charge in [0.15, 0.2) is 6.29 Å². The van der Waals surface area contributed by atoms with E-state index >= 15 is 0 Å². The fourth-order valence-corrected chi connectivity index (χ4v) is 1.03. The van der Waals surface area contributed by atoms with Gasteiger partial charge in [-0.2, -0.15) is 0 Å². The molecule has 5 atom stereocenters. The van der Waals surface area contributed by atoms with Gasteiger partial charge in [0.1, 0.15) is 18.3 Å². The molecule has 1 rings (SSSR count). The summed E-state index contributed by atoms with van der Waals surface area (Å²) >= 11 is 0. The Bertz CT molecular complexity index is 125. The second kappa shape index (κ2) is 3.04. The number of aliphatic hydroxyl groups is 4. The molecule has 1 fully saturated rings. The van der Waals surface area contributed by atoms with Crippen LogP contribution in [-0.2, 0) is 4.74 Å². The molecule has 0 amide bonds. The van der Waals surface area contributed by atoms with E-state index in [-0.39, 0.29) is 0 Å². The van der Waals surface area contributed by atoms with Crippen molar-refractivity contribution in [2.75, 3.05) is 0 Å². The minimum Gasteiger partial charge on any atom is -0.388 e. The molecule has 11 heavy (non-hydrogen) atoms. The maximum Gasteiger partial charge on any atom is 0.183 e. The number of aliphatic hydroxyl groups excluding tert-OH is 4. The largest absolute Gasteiger partial charge is 0.388 e. The summed E-state index contributed by atoms with van der Waals surface area (Å²) in [4.78, 5) is 0. The molecule has 4 N–H and O–H groups in total. The summed E-state index contributed by atoms with van der Waals surface area (Å²) in [6.45, 7) is 1.50. The van der Waals surface area contributed by atoms with Crippen LogP contribution >= 0.6 is 0 Å². The Kier molecular flexibility index (Phi) is 2.46. The smallest absolute Gasteiger partial charge is 0.183 e. The molecule has 0 saturated carbocycles. The minimum absolute atomic E-state index is 0.664. The topological polar surface area (TPSA) is 90.2 Å². The van der Waals surface area contributed by atoms with E-state index in [4.69, 9.17) is 20.4 Å². The first-order valence-electron chi connectivity index (χ1n) is 3.41. The van der Waals surface area contributed by atoms with Crippen molar-refractivity contribution in [1.82, 2.24) is 0 Å². The lowest BCUT2D eigenvalue weighted by molar-refractivity contribution is -0.277. The molecule has 1 aliphatic rings. The van der Waals surface area contributed by atoms with E-state index < -0.39 is 30.7 Å². The Hall–Kier alpha value is -0.200. The van der Waals surface area contributed by atoms with E-state index in [0.29, 0.717) is 0 Å². The van der Waals surface area contributed by atoms with E-state index in [2.05, 4.69) is 4.74 Å². The van der Waals surface area contributed by atoms with E-state index in [9.17, 15) is 0 Å². The lowest BCUT2D eigenvalue weighted by Crippen LogP contribution is -2.56. The molecule has 1 heterocycles. The molecule has 0 spiro atoms. The molecular formula is C6H12O5. The zero-order valence-corrected chi connectivity index (χ0v) is 6.08. The van der Waals surface area contributed by atoms with Gasteiger partial charge in [-0.3, -0.25) is 0 Å². The summed E-state index contributed by atoms with van der Waals surface area (Å²) in [6.07, 6.45) is -5.99. The van der Waals surface area contributed by atoms with E-state index in [0.717, 1.165) is 0 Å². The first kappa shape index (κ1) is 8.89. The molecule has 0 aromatic heterocycles. The summed E-state index contributed by atoms with van der Waals surface area (Å²) in [5.74, 6) is 0. The van der Waals surface area contributed by atoms with Crippen LogP contribution in [0.3, 0.4) is 0 Å². The van der Waals surface area contributed by atoms with Crippen LogP contribution in [0.2, 0.25) is 0 Å². The maximum atomic E-state index is 9.09. The monoisotopic (exact) mass is 170 g/mol. The van der Waals surface area contributed by atoms with Crippen LogP contribution in [0, 0.1) is 0 Å². The summed E-state index contributed by atoms with van der Waals surface area (Å²) in [5, 5.41) is 36.0. The van der Waals surface area contributed by atoms with Crippen molar-refractivity contribution in [3.8, 4) is 0 Å². The van der Waals surface area contributed by atoms with E-state index in [1.165, 1.54) is 6.92 Å². The number of rotatable bonds is 0. The van der Waals surface area contributed by atoms with Crippen LogP contribution < -0.4 is 0 Å². The van der Waals surface area contributed by atoms with E-state index in [1.54, 1.807) is 0 Å². The standard InChI is InChI=1S/C6H12O5/c1-2-3(7)4(8)5(9)6(10)11-2/h2-10H,1H3/i1+1,2+1,3+1,4+1,5+1,6+1. The third kappa shape index (κ3) is 1.52. The van der Waals surface area contributed by atoms with Crippen molar-refractivity contribution >= 4 is 0 Å². The van der Waals surface area contributed by atoms with Crippen LogP contribution in [-0.4, -0.2) is 51.1 Å². The fourth-order valence-electron chi connectivity index (χ4n) is 1.03. The van der Waals surface area contributed by atoms with Gasteiger partial charge in [0.05, 0.1) is 6.10 Å². The third-order valence-electron chi connectivity index (χ3n) is 1.83. The molecule has 0 bridgehead atoms. The van der Waals surface area contributed by atoms with Gasteiger partial charge in [-0.15, -0.1) is 0 Å². The minimum atomic E-state index is -1.43. The Morgan fingerprint density at radius 2 is 1.45 bits per heavy atom. The molecule has 0 aliphatic carbocycles. The molecule has 5 unspecified atom stereocenters. The molecule has 1 aliphatic heterocycles. The van der Waals surface area contributed by atoms with Crippen molar-refractivity contribution < 1.29 is 25.2 Å². The molecule has 5 nitrogen and oxygen atoms in total. The number of hydrogen-bond acceptors (Lipinski definition) is 5. The van der Waals surface area contributed by atoms with Crippen LogP contribution in [0.4, 0.5) is 0 Å². The van der Waals surface area contributed by atoms with Gasteiger partial charge in [0.25, 0.3) is 0 Å². The summed E-state index contributed by atoms with van der Waals surface area (Å²) in [5.41, 5.74) is 0. The van der Waals surface area contributed by atoms with Gasteiger partial charge in [0.2, 0.25) is 0 Å². The number of hydrogen-bond donors (Lipinski definition) is 4. The zero-order valence-electron chi connectivity index (χ0n) is 6.08. The first-order valence-corrected chi connectivity index (χ1v) is 3.41. The lowest BCUT2D eigenvalue weighted by Gasteiger charge is -2.36. The second-order valence-corrected chi connectivity index (χ2v) is 2.70. The van der Waals surface area contributed by atoms with Crippen molar-refractivity contribution in [3.63, 3.8) is 0 Å². The van der Waals surface area contributed by atoms with Gasteiger partial charge in [0, 0.05) is 0 Å². The van der Waals surface area contributed by atoms with Crippen molar-refractivity contribution in [2.45, 2.75) is 37.6 Å². The highest BCUT2D eigenvalue weighted by Gasteiger charge is 2.40. The Morgan fingerprint density at radius 1 is 0.909 bits per heavy atom. The van der Waals surface area contributed by atoms with Crippen LogP contribution in [0.5, 0.6) is 0 Å². The summed E-state index contributed by atoms with van der Waals surface area (Å²) in [7, 11) is 0. The predicted molar refractivity (Wildman–Crippen MR) is 34.6 cm³/mol. The van der Waals surface area contributed by atoms with Crippen molar-refractivity contribution in [2.24, 2.45) is 0 Å². The van der Waals surface area contributed by atoms with Gasteiger partial charge in [-0.25, -0.2) is 0 Å². The average molecular weight is 170 g/mol. The summed E-state index contributed by atoms with van der Waals surface area (Å²) in [6, 6.07) is 0. The quantitative estimate of drug-likeness (QED) is 0.310. The zero-order chi connectivity index (χ0) is 8.59. The van der Waals surface area contributed by atoms with Crippen molar-refractivity contribution in [1.29, 1.82) is 0 Å². The number of ether oxygens (including phenoxy) is 1. The van der Waals surface area contributed by atoms with Crippen LogP contribution in [0.25, 0.3) is 0 Å². The Labute approximate surface area is 63.8 Å². The molecule has 5 heteroatoms. The summed E-state index contributed by atoms with van der Waals surface area (Å²) < 4.78 is 4.68. The molecular weight excluding hydrogens is 158 g/mol. The SMILES string of the molecule is [13CH3][13CH]1O[13CH](O)[13CH](O)[13CH](O)[13CH]1O. The highest BCUT2D eigenvalue weighted by Crippen LogP contribution is 2.18. The predicted octanol–water partition coefficient (Wildman–Crippen LogP) is -2.19. The Balaban J connectivity index is 2.63. The fraction of sp³-hybridized carbons (Fsp3) is 1.00. The molecule has 0 aromatic carbocycles. The van der Waals surface area contributed by atoms with Gasteiger partial charge in [-0.1, -0.05) is 0 Å².